The van der Waals surface area contributed by atoms with Crippen LogP contribution in [0.1, 0.15) is 16.2 Å². The molecule has 4 aromatic rings. The highest BCUT2D eigenvalue weighted by Gasteiger charge is 2.36. The molecule has 2 heterocycles. The molecule has 5 nitrogen and oxygen atoms in total. The zero-order valence-corrected chi connectivity index (χ0v) is 16.0. The van der Waals surface area contributed by atoms with E-state index in [2.05, 4.69) is 10.4 Å². The summed E-state index contributed by atoms with van der Waals surface area (Å²) in [5.41, 5.74) is -0.225. The number of rotatable bonds is 4. The molecule has 0 fully saturated rings. The summed E-state index contributed by atoms with van der Waals surface area (Å²) in [5, 5.41) is 6.43. The van der Waals surface area contributed by atoms with Gasteiger partial charge in [0.1, 0.15) is 5.69 Å². The third-order valence-corrected chi connectivity index (χ3v) is 4.67. The highest BCUT2D eigenvalue weighted by atomic mass is 35.5. The summed E-state index contributed by atoms with van der Waals surface area (Å²) < 4.78 is 42.6. The van der Waals surface area contributed by atoms with Gasteiger partial charge in [-0.15, -0.1) is 0 Å². The number of carbonyl (C=O) groups excluding carboxylic acids is 1. The van der Waals surface area contributed by atoms with E-state index in [-0.39, 0.29) is 16.4 Å². The fourth-order valence-corrected chi connectivity index (χ4v) is 3.19. The Bertz CT molecular complexity index is 1200. The highest BCUT2D eigenvalue weighted by molar-refractivity contribution is 6.32. The van der Waals surface area contributed by atoms with Crippen LogP contribution in [0.3, 0.4) is 0 Å². The SMILES string of the molecule is O=C(Nc1ccccc1-n1cccc1)c1cc(C(F)(F)F)nn1-c1ccccc1Cl. The maximum Gasteiger partial charge on any atom is 0.435 e. The molecule has 2 aromatic carbocycles. The monoisotopic (exact) mass is 430 g/mol. The van der Waals surface area contributed by atoms with Crippen molar-refractivity contribution >= 4 is 23.2 Å². The molecule has 0 radical (unpaired) electrons. The molecule has 0 saturated carbocycles. The number of anilines is 1. The minimum absolute atomic E-state index is 0.163. The van der Waals surface area contributed by atoms with Crippen molar-refractivity contribution in [3.63, 3.8) is 0 Å². The lowest BCUT2D eigenvalue weighted by Gasteiger charge is -2.13. The maximum atomic E-state index is 13.3. The lowest BCUT2D eigenvalue weighted by molar-refractivity contribution is -0.141. The van der Waals surface area contributed by atoms with Crippen LogP contribution in [0, 0.1) is 0 Å². The first kappa shape index (κ1) is 19.8. The first-order valence-electron chi connectivity index (χ1n) is 8.80. The predicted molar refractivity (Wildman–Crippen MR) is 107 cm³/mol. The number of nitrogens with one attached hydrogen (secondary N) is 1. The van der Waals surface area contributed by atoms with Crippen LogP contribution in [0.25, 0.3) is 11.4 Å². The number of benzene rings is 2. The average molecular weight is 431 g/mol. The van der Waals surface area contributed by atoms with Crippen molar-refractivity contribution in [2.24, 2.45) is 0 Å². The molecule has 0 spiro atoms. The first-order chi connectivity index (χ1) is 14.3. The van der Waals surface area contributed by atoms with Crippen molar-refractivity contribution in [2.75, 3.05) is 5.32 Å². The second kappa shape index (κ2) is 7.72. The van der Waals surface area contributed by atoms with E-state index in [9.17, 15) is 18.0 Å². The second-order valence-electron chi connectivity index (χ2n) is 6.34. The molecule has 0 atom stereocenters. The summed E-state index contributed by atoms with van der Waals surface area (Å²) in [7, 11) is 0. The Balaban J connectivity index is 1.77. The van der Waals surface area contributed by atoms with E-state index in [0.29, 0.717) is 17.4 Å². The quantitative estimate of drug-likeness (QED) is 0.459. The largest absolute Gasteiger partial charge is 0.435 e. The van der Waals surface area contributed by atoms with Crippen molar-refractivity contribution in [3.8, 4) is 11.4 Å². The van der Waals surface area contributed by atoms with Gasteiger partial charge in [0.05, 0.1) is 22.1 Å². The standard InChI is InChI=1S/C21H14ClF3N4O/c22-14-7-1-3-9-16(14)29-18(13-19(27-29)21(23,24)25)20(30)26-15-8-2-4-10-17(15)28-11-5-6-12-28/h1-13H,(H,26,30). The summed E-state index contributed by atoms with van der Waals surface area (Å²) in [6.45, 7) is 0. The molecule has 0 aliphatic heterocycles. The third kappa shape index (κ3) is 3.81. The summed E-state index contributed by atoms with van der Waals surface area (Å²) in [4.78, 5) is 13.0. The molecule has 30 heavy (non-hydrogen) atoms. The van der Waals surface area contributed by atoms with Gasteiger partial charge in [0.2, 0.25) is 0 Å². The molecule has 1 amide bonds. The fourth-order valence-electron chi connectivity index (χ4n) is 2.97. The number of para-hydroxylation sites is 3. The Morgan fingerprint density at radius 3 is 2.23 bits per heavy atom. The Kier molecular flexibility index (Phi) is 5.09. The summed E-state index contributed by atoms with van der Waals surface area (Å²) >= 11 is 6.13. The van der Waals surface area contributed by atoms with E-state index in [1.54, 1.807) is 53.4 Å². The molecule has 0 aliphatic carbocycles. The van der Waals surface area contributed by atoms with E-state index < -0.39 is 17.8 Å². The number of halogens is 4. The van der Waals surface area contributed by atoms with Crippen LogP contribution in [0.15, 0.2) is 79.1 Å². The number of amides is 1. The summed E-state index contributed by atoms with van der Waals surface area (Å²) in [6, 6.07) is 17.5. The van der Waals surface area contributed by atoms with Gasteiger partial charge in [0.25, 0.3) is 5.91 Å². The van der Waals surface area contributed by atoms with Gasteiger partial charge in [0.15, 0.2) is 5.69 Å². The number of nitrogens with zero attached hydrogens (tertiary/aromatic N) is 3. The van der Waals surface area contributed by atoms with Crippen LogP contribution in [-0.2, 0) is 6.18 Å². The summed E-state index contributed by atoms with van der Waals surface area (Å²) in [5.74, 6) is -0.752. The van der Waals surface area contributed by atoms with Crippen LogP contribution < -0.4 is 5.32 Å². The second-order valence-corrected chi connectivity index (χ2v) is 6.74. The molecule has 0 saturated heterocycles. The van der Waals surface area contributed by atoms with Crippen LogP contribution >= 0.6 is 11.6 Å². The highest BCUT2D eigenvalue weighted by Crippen LogP contribution is 2.31. The normalized spacial score (nSPS) is 11.5. The van der Waals surface area contributed by atoms with Gasteiger partial charge in [-0.25, -0.2) is 4.68 Å². The molecule has 0 aliphatic rings. The van der Waals surface area contributed by atoms with E-state index in [4.69, 9.17) is 11.6 Å². The fraction of sp³-hybridized carbons (Fsp3) is 0.0476. The van der Waals surface area contributed by atoms with E-state index in [1.165, 1.54) is 12.1 Å². The van der Waals surface area contributed by atoms with Gasteiger partial charge in [-0.3, -0.25) is 4.79 Å². The maximum absolute atomic E-state index is 13.3. The van der Waals surface area contributed by atoms with E-state index in [0.717, 1.165) is 4.68 Å². The van der Waals surface area contributed by atoms with Crippen LogP contribution in [0.4, 0.5) is 18.9 Å². The Hall–Kier alpha value is -3.52. The lowest BCUT2D eigenvalue weighted by atomic mass is 10.2. The molecule has 2 aromatic heterocycles. The number of carbonyl (C=O) groups is 1. The first-order valence-corrected chi connectivity index (χ1v) is 9.18. The van der Waals surface area contributed by atoms with Gasteiger partial charge >= 0.3 is 6.18 Å². The number of hydrogen-bond donors (Lipinski definition) is 1. The Labute approximate surface area is 174 Å². The number of alkyl halides is 3. The Morgan fingerprint density at radius 2 is 1.57 bits per heavy atom. The molecule has 0 bridgehead atoms. The van der Waals surface area contributed by atoms with Crippen LogP contribution in [-0.4, -0.2) is 20.3 Å². The zero-order valence-electron chi connectivity index (χ0n) is 15.3. The lowest BCUT2D eigenvalue weighted by Crippen LogP contribution is -2.18. The molecule has 0 unspecified atom stereocenters. The molecule has 1 N–H and O–H groups in total. The Morgan fingerprint density at radius 1 is 0.933 bits per heavy atom. The van der Waals surface area contributed by atoms with Gasteiger partial charge in [0, 0.05) is 18.5 Å². The van der Waals surface area contributed by atoms with Gasteiger partial charge < -0.3 is 9.88 Å². The van der Waals surface area contributed by atoms with Gasteiger partial charge in [-0.2, -0.15) is 18.3 Å². The molecular formula is C21H14ClF3N4O. The van der Waals surface area contributed by atoms with E-state index in [1.807, 2.05) is 12.1 Å². The minimum atomic E-state index is -4.72. The summed E-state index contributed by atoms with van der Waals surface area (Å²) in [6.07, 6.45) is -1.13. The van der Waals surface area contributed by atoms with Gasteiger partial charge in [-0.05, 0) is 36.4 Å². The molecule has 9 heteroatoms. The molecule has 152 valence electrons. The van der Waals surface area contributed by atoms with E-state index >= 15 is 0 Å². The number of hydrogen-bond acceptors (Lipinski definition) is 2. The topological polar surface area (TPSA) is 51.9 Å². The van der Waals surface area contributed by atoms with Crippen LogP contribution in [0.5, 0.6) is 0 Å². The van der Waals surface area contributed by atoms with Crippen LogP contribution in [0.2, 0.25) is 5.02 Å². The van der Waals surface area contributed by atoms with Crippen molar-refractivity contribution in [1.82, 2.24) is 14.3 Å². The minimum Gasteiger partial charge on any atom is -0.322 e. The van der Waals surface area contributed by atoms with Crippen molar-refractivity contribution in [1.29, 1.82) is 0 Å². The predicted octanol–water partition coefficient (Wildman–Crippen LogP) is 5.59. The van der Waals surface area contributed by atoms with Crippen molar-refractivity contribution in [2.45, 2.75) is 6.18 Å². The molecule has 4 rings (SSSR count). The zero-order chi connectivity index (χ0) is 21.3. The smallest absolute Gasteiger partial charge is 0.322 e. The third-order valence-electron chi connectivity index (χ3n) is 4.35. The van der Waals surface area contributed by atoms with Crippen molar-refractivity contribution < 1.29 is 18.0 Å². The average Bonchev–Trinajstić information content (AvgIpc) is 3.39. The van der Waals surface area contributed by atoms with Crippen molar-refractivity contribution in [3.05, 3.63) is 95.5 Å². The van der Waals surface area contributed by atoms with Gasteiger partial charge in [-0.1, -0.05) is 35.9 Å². The number of aromatic nitrogens is 3. The molecular weight excluding hydrogens is 417 g/mol.